The average Bonchev–Trinajstić information content (AvgIpc) is 2.42. The fraction of sp³-hybridized carbons (Fsp3) is 1.00. The molecule has 18 heavy (non-hydrogen) atoms. The van der Waals surface area contributed by atoms with Crippen LogP contribution in [0.1, 0.15) is 52.4 Å². The van der Waals surface area contributed by atoms with E-state index >= 15 is 0 Å². The Kier molecular flexibility index (Phi) is 7.82. The summed E-state index contributed by atoms with van der Waals surface area (Å²) in [5, 5.41) is 18.9. The lowest BCUT2D eigenvalue weighted by molar-refractivity contribution is -0.0794. The van der Waals surface area contributed by atoms with Crippen LogP contribution in [0.2, 0.25) is 0 Å². The second kappa shape index (κ2) is 8.86. The Labute approximate surface area is 110 Å². The largest absolute Gasteiger partial charge is 0.391 e. The van der Waals surface area contributed by atoms with Crippen molar-refractivity contribution in [2.24, 2.45) is 0 Å². The molecule has 108 valence electrons. The summed E-state index contributed by atoms with van der Waals surface area (Å²) < 4.78 is 11.4. The first-order chi connectivity index (χ1) is 8.65. The van der Waals surface area contributed by atoms with Crippen LogP contribution in [0, 0.1) is 0 Å². The summed E-state index contributed by atoms with van der Waals surface area (Å²) in [7, 11) is 0. The standard InChI is InChI=1S/C14H28O4/c1-3-11(15)9-17-13-6-5-7-14(8-13)18-10-12(16)4-2/h11-16H,3-10H2,1-2H3. The quantitative estimate of drug-likeness (QED) is 0.699. The van der Waals surface area contributed by atoms with Crippen molar-refractivity contribution in [3.8, 4) is 0 Å². The van der Waals surface area contributed by atoms with Gasteiger partial charge in [-0.05, 0) is 38.5 Å². The predicted octanol–water partition coefficient (Wildman–Crippen LogP) is 1.87. The lowest BCUT2D eigenvalue weighted by Crippen LogP contribution is -2.32. The SMILES string of the molecule is CCC(O)COC1CCCC(OCC(O)CC)C1. The van der Waals surface area contributed by atoms with E-state index < -0.39 is 0 Å². The van der Waals surface area contributed by atoms with Crippen molar-refractivity contribution in [1.29, 1.82) is 0 Å². The van der Waals surface area contributed by atoms with Gasteiger partial charge in [0.1, 0.15) is 0 Å². The van der Waals surface area contributed by atoms with E-state index in [2.05, 4.69) is 0 Å². The Morgan fingerprint density at radius 1 is 0.944 bits per heavy atom. The first-order valence-corrected chi connectivity index (χ1v) is 7.25. The van der Waals surface area contributed by atoms with Crippen LogP contribution < -0.4 is 0 Å². The van der Waals surface area contributed by atoms with Crippen molar-refractivity contribution < 1.29 is 19.7 Å². The van der Waals surface area contributed by atoms with E-state index in [9.17, 15) is 10.2 Å². The Hall–Kier alpha value is -0.160. The summed E-state index contributed by atoms with van der Waals surface area (Å²) in [5.41, 5.74) is 0. The van der Waals surface area contributed by atoms with E-state index in [1.54, 1.807) is 0 Å². The van der Waals surface area contributed by atoms with Gasteiger partial charge < -0.3 is 19.7 Å². The van der Waals surface area contributed by atoms with Gasteiger partial charge >= 0.3 is 0 Å². The summed E-state index contributed by atoms with van der Waals surface area (Å²) in [6, 6.07) is 0. The molecule has 0 aromatic heterocycles. The smallest absolute Gasteiger partial charge is 0.0771 e. The highest BCUT2D eigenvalue weighted by molar-refractivity contribution is 4.74. The monoisotopic (exact) mass is 260 g/mol. The maximum atomic E-state index is 9.47. The van der Waals surface area contributed by atoms with Crippen molar-refractivity contribution in [2.75, 3.05) is 13.2 Å². The molecule has 1 saturated carbocycles. The van der Waals surface area contributed by atoms with Gasteiger partial charge in [0.15, 0.2) is 0 Å². The number of aliphatic hydroxyl groups excluding tert-OH is 2. The molecule has 2 N–H and O–H groups in total. The van der Waals surface area contributed by atoms with Gasteiger partial charge in [0.25, 0.3) is 0 Å². The summed E-state index contributed by atoms with van der Waals surface area (Å²) in [5.74, 6) is 0. The van der Waals surface area contributed by atoms with Crippen molar-refractivity contribution >= 4 is 0 Å². The minimum Gasteiger partial charge on any atom is -0.391 e. The summed E-state index contributed by atoms with van der Waals surface area (Å²) in [4.78, 5) is 0. The maximum absolute atomic E-state index is 9.47. The molecule has 1 rings (SSSR count). The fourth-order valence-corrected chi connectivity index (χ4v) is 2.13. The van der Waals surface area contributed by atoms with Crippen molar-refractivity contribution in [3.63, 3.8) is 0 Å². The topological polar surface area (TPSA) is 58.9 Å². The van der Waals surface area contributed by atoms with Crippen LogP contribution in [0.4, 0.5) is 0 Å². The first kappa shape index (κ1) is 15.9. The van der Waals surface area contributed by atoms with Crippen LogP contribution >= 0.6 is 0 Å². The van der Waals surface area contributed by atoms with Gasteiger partial charge in [0.2, 0.25) is 0 Å². The number of hydrogen-bond acceptors (Lipinski definition) is 4. The molecule has 4 atom stereocenters. The fourth-order valence-electron chi connectivity index (χ4n) is 2.13. The molecular formula is C14H28O4. The zero-order valence-corrected chi connectivity index (χ0v) is 11.7. The molecule has 0 saturated heterocycles. The molecular weight excluding hydrogens is 232 g/mol. The second-order valence-corrected chi connectivity index (χ2v) is 5.20. The third kappa shape index (κ3) is 6.14. The Balaban J connectivity index is 2.19. The number of hydrogen-bond donors (Lipinski definition) is 2. The van der Waals surface area contributed by atoms with Crippen LogP contribution in [-0.2, 0) is 9.47 Å². The third-order valence-electron chi connectivity index (χ3n) is 3.57. The molecule has 0 heterocycles. The molecule has 0 spiro atoms. The van der Waals surface area contributed by atoms with Gasteiger partial charge in [-0.3, -0.25) is 0 Å². The highest BCUT2D eigenvalue weighted by Gasteiger charge is 2.24. The predicted molar refractivity (Wildman–Crippen MR) is 70.5 cm³/mol. The van der Waals surface area contributed by atoms with Crippen molar-refractivity contribution in [1.82, 2.24) is 0 Å². The normalized spacial score (nSPS) is 28.0. The molecule has 4 heteroatoms. The molecule has 0 bridgehead atoms. The lowest BCUT2D eigenvalue weighted by atomic mass is 9.95. The zero-order valence-electron chi connectivity index (χ0n) is 11.7. The van der Waals surface area contributed by atoms with Crippen LogP contribution in [0.15, 0.2) is 0 Å². The molecule has 1 fully saturated rings. The average molecular weight is 260 g/mol. The number of ether oxygens (including phenoxy) is 2. The van der Waals surface area contributed by atoms with Crippen LogP contribution in [0.25, 0.3) is 0 Å². The molecule has 0 aromatic rings. The van der Waals surface area contributed by atoms with Crippen LogP contribution in [-0.4, -0.2) is 47.8 Å². The second-order valence-electron chi connectivity index (χ2n) is 5.20. The van der Waals surface area contributed by atoms with Gasteiger partial charge in [-0.2, -0.15) is 0 Å². The minimum absolute atomic E-state index is 0.198. The molecule has 1 aliphatic rings. The highest BCUT2D eigenvalue weighted by Crippen LogP contribution is 2.24. The van der Waals surface area contributed by atoms with Gasteiger partial charge in [0.05, 0.1) is 37.6 Å². The van der Waals surface area contributed by atoms with E-state index in [0.717, 1.165) is 38.5 Å². The van der Waals surface area contributed by atoms with Gasteiger partial charge in [0, 0.05) is 0 Å². The number of rotatable bonds is 8. The van der Waals surface area contributed by atoms with E-state index in [-0.39, 0.29) is 24.4 Å². The third-order valence-corrected chi connectivity index (χ3v) is 3.57. The van der Waals surface area contributed by atoms with Gasteiger partial charge in [-0.15, -0.1) is 0 Å². The van der Waals surface area contributed by atoms with Crippen LogP contribution in [0.3, 0.4) is 0 Å². The molecule has 0 aromatic carbocycles. The minimum atomic E-state index is -0.354. The molecule has 4 unspecified atom stereocenters. The molecule has 4 nitrogen and oxygen atoms in total. The molecule has 0 radical (unpaired) electrons. The van der Waals surface area contributed by atoms with E-state index in [4.69, 9.17) is 9.47 Å². The summed E-state index contributed by atoms with van der Waals surface area (Å²) in [6.45, 7) is 4.75. The highest BCUT2D eigenvalue weighted by atomic mass is 16.5. The Bertz CT molecular complexity index is 190. The van der Waals surface area contributed by atoms with Crippen LogP contribution in [0.5, 0.6) is 0 Å². The Morgan fingerprint density at radius 2 is 1.39 bits per heavy atom. The molecule has 0 amide bonds. The van der Waals surface area contributed by atoms with E-state index in [1.807, 2.05) is 13.8 Å². The van der Waals surface area contributed by atoms with Gasteiger partial charge in [-0.25, -0.2) is 0 Å². The maximum Gasteiger partial charge on any atom is 0.0771 e. The summed E-state index contributed by atoms with van der Waals surface area (Å²) in [6.07, 6.45) is 5.23. The molecule has 0 aliphatic heterocycles. The zero-order chi connectivity index (χ0) is 13.4. The first-order valence-electron chi connectivity index (χ1n) is 7.25. The van der Waals surface area contributed by atoms with Crippen molar-refractivity contribution in [3.05, 3.63) is 0 Å². The molecule has 1 aliphatic carbocycles. The summed E-state index contributed by atoms with van der Waals surface area (Å²) >= 11 is 0. The van der Waals surface area contributed by atoms with E-state index in [1.165, 1.54) is 0 Å². The lowest BCUT2D eigenvalue weighted by Gasteiger charge is -2.30. The van der Waals surface area contributed by atoms with Crippen molar-refractivity contribution in [2.45, 2.75) is 76.8 Å². The van der Waals surface area contributed by atoms with E-state index in [0.29, 0.717) is 13.2 Å². The number of aliphatic hydroxyl groups is 2. The van der Waals surface area contributed by atoms with Gasteiger partial charge in [-0.1, -0.05) is 13.8 Å². The Morgan fingerprint density at radius 3 is 1.78 bits per heavy atom.